The number of piperidine rings is 2. The molecule has 0 aliphatic carbocycles. The Hall–Kier alpha value is -6.51. The summed E-state index contributed by atoms with van der Waals surface area (Å²) in [6, 6.07) is 14.7. The topological polar surface area (TPSA) is 219 Å². The van der Waals surface area contributed by atoms with E-state index in [2.05, 4.69) is 41.0 Å². The lowest BCUT2D eigenvalue weighted by molar-refractivity contribution is -0.136. The second-order valence-electron chi connectivity index (χ2n) is 16.9. The van der Waals surface area contributed by atoms with Crippen molar-refractivity contribution in [3.63, 3.8) is 0 Å². The van der Waals surface area contributed by atoms with Crippen molar-refractivity contribution in [3.8, 4) is 5.75 Å². The molecule has 0 spiro atoms. The maximum absolute atomic E-state index is 13.5. The van der Waals surface area contributed by atoms with Crippen LogP contribution in [0.1, 0.15) is 52.0 Å². The minimum atomic E-state index is -3.52. The number of hydrogen-bond donors (Lipinski definition) is 4. The molecule has 1 aromatic heterocycles. The van der Waals surface area contributed by atoms with Crippen LogP contribution in [0.25, 0.3) is 0 Å². The molecule has 348 valence electrons. The predicted molar refractivity (Wildman–Crippen MR) is 251 cm³/mol. The van der Waals surface area contributed by atoms with Gasteiger partial charge in [-0.1, -0.05) is 29.8 Å². The van der Waals surface area contributed by atoms with Gasteiger partial charge in [-0.2, -0.15) is 4.98 Å². The zero-order valence-electron chi connectivity index (χ0n) is 37.1. The van der Waals surface area contributed by atoms with Crippen molar-refractivity contribution in [2.45, 2.75) is 38.6 Å². The van der Waals surface area contributed by atoms with E-state index in [0.29, 0.717) is 47.5 Å². The summed E-state index contributed by atoms with van der Waals surface area (Å²) in [6.07, 6.45) is 4.43. The Morgan fingerprint density at radius 2 is 1.65 bits per heavy atom. The summed E-state index contributed by atoms with van der Waals surface area (Å²) in [6.45, 7) is 7.59. The van der Waals surface area contributed by atoms with Crippen LogP contribution >= 0.6 is 11.6 Å². The number of rotatable bonds is 14. The third-order valence-electron chi connectivity index (χ3n) is 12.6. The highest BCUT2D eigenvalue weighted by atomic mass is 35.5. The third kappa shape index (κ3) is 9.70. The van der Waals surface area contributed by atoms with Crippen LogP contribution in [0.15, 0.2) is 60.8 Å². The number of ether oxygens (including phenoxy) is 1. The van der Waals surface area contributed by atoms with Crippen LogP contribution in [0.5, 0.6) is 5.75 Å². The fourth-order valence-electron chi connectivity index (χ4n) is 8.93. The molecule has 5 heterocycles. The number of carbonyl (C=O) groups is 5. The summed E-state index contributed by atoms with van der Waals surface area (Å²) < 4.78 is 31.6. The Kier molecular flexibility index (Phi) is 13.4. The molecule has 3 fully saturated rings. The summed E-state index contributed by atoms with van der Waals surface area (Å²) in [4.78, 5) is 80.8. The second kappa shape index (κ2) is 19.1. The van der Waals surface area contributed by atoms with Gasteiger partial charge in [0.25, 0.3) is 11.8 Å². The molecule has 4 N–H and O–H groups in total. The van der Waals surface area contributed by atoms with Gasteiger partial charge in [0.05, 0.1) is 54.3 Å². The maximum atomic E-state index is 13.5. The summed E-state index contributed by atoms with van der Waals surface area (Å²) in [5, 5.41) is 11.9. The Morgan fingerprint density at radius 3 is 2.36 bits per heavy atom. The number of sulfonamides is 1. The molecule has 1 unspecified atom stereocenters. The summed E-state index contributed by atoms with van der Waals surface area (Å²) in [5.41, 5.74) is 4.31. The van der Waals surface area contributed by atoms with Crippen molar-refractivity contribution in [3.05, 3.63) is 82.5 Å². The van der Waals surface area contributed by atoms with Gasteiger partial charge in [0.1, 0.15) is 16.8 Å². The largest absolute Gasteiger partial charge is 0.494 e. The number of piperazine rings is 1. The molecule has 3 saturated heterocycles. The first-order valence-corrected chi connectivity index (χ1v) is 23.9. The highest BCUT2D eigenvalue weighted by molar-refractivity contribution is 7.92. The number of likely N-dealkylation sites (tertiary alicyclic amines) is 1. The predicted octanol–water partition coefficient (Wildman–Crippen LogP) is 4.20. The fraction of sp³-hybridized carbons (Fsp3) is 0.400. The monoisotopic (exact) mass is 941 g/mol. The van der Waals surface area contributed by atoms with Gasteiger partial charge in [0.15, 0.2) is 5.82 Å². The van der Waals surface area contributed by atoms with Crippen LogP contribution in [0.2, 0.25) is 5.02 Å². The number of aromatic nitrogens is 2. The van der Waals surface area contributed by atoms with E-state index < -0.39 is 39.7 Å². The molecule has 1 atom stereocenters. The van der Waals surface area contributed by atoms with Crippen LogP contribution in [0.4, 0.5) is 40.2 Å². The molecule has 4 aliphatic rings. The molecule has 0 saturated carbocycles. The number of benzene rings is 3. The summed E-state index contributed by atoms with van der Waals surface area (Å²) >= 11 is 6.49. The van der Waals surface area contributed by atoms with E-state index in [1.54, 1.807) is 43.5 Å². The highest BCUT2D eigenvalue weighted by Gasteiger charge is 2.45. The van der Waals surface area contributed by atoms with Gasteiger partial charge in [-0.05, 0) is 68.0 Å². The number of amides is 5. The molecule has 4 aliphatic heterocycles. The lowest BCUT2D eigenvalue weighted by Crippen LogP contribution is -2.54. The molecule has 8 rings (SSSR count). The SMILES string of the molecule is COc1cc(N2CCN(CC3CCN(C(=O)CNc4cccc5c4C(=O)N(C4CCC(=O)NC4=O)C5=O)CC3)CC2)c(C)cc1Nc1ncc(Cl)c(Nc2ccccc2N(C)S(C)(=O)=O)n1. The van der Waals surface area contributed by atoms with Crippen LogP contribution < -0.4 is 35.2 Å². The standard InChI is InChI=1S/C45H52ClN11O8S/c1-27-22-33(50-45-48-24-30(46)41(52-45)49-31-9-5-6-11-34(31)53(2)66(4,63)64)37(65-3)23-36(27)55-20-18-54(19-21-55)26-28-14-16-56(17-15-28)39(59)25-47-32-10-7-8-29-40(32)44(62)57(43(29)61)35-12-13-38(58)51-42(35)60/h5-11,22-24,28,35,47H,12-21,25-26H2,1-4H3,(H,51,58,60)(H2,48,49,50,52). The first kappa shape index (κ1) is 46.0. The van der Waals surface area contributed by atoms with Crippen LogP contribution in [0, 0.1) is 12.8 Å². The molecular formula is C45H52ClN11O8S. The zero-order valence-corrected chi connectivity index (χ0v) is 38.7. The number of nitrogens with one attached hydrogen (secondary N) is 4. The van der Waals surface area contributed by atoms with Crippen LogP contribution in [-0.2, 0) is 24.4 Å². The molecule has 19 nitrogen and oxygen atoms in total. The van der Waals surface area contributed by atoms with E-state index in [-0.39, 0.29) is 53.2 Å². The van der Waals surface area contributed by atoms with Crippen LogP contribution in [-0.4, -0.2) is 141 Å². The van der Waals surface area contributed by atoms with Gasteiger partial charge in [0.2, 0.25) is 33.7 Å². The van der Waals surface area contributed by atoms with E-state index in [1.165, 1.54) is 23.6 Å². The Bertz CT molecular complexity index is 2690. The van der Waals surface area contributed by atoms with Gasteiger partial charge in [-0.3, -0.25) is 43.4 Å². The Morgan fingerprint density at radius 1 is 0.924 bits per heavy atom. The third-order valence-corrected chi connectivity index (χ3v) is 14.1. The molecule has 66 heavy (non-hydrogen) atoms. The van der Waals surface area contributed by atoms with Crippen molar-refractivity contribution < 1.29 is 37.1 Å². The molecule has 0 radical (unpaired) electrons. The number of anilines is 7. The number of para-hydroxylation sites is 2. The molecular weight excluding hydrogens is 890 g/mol. The highest BCUT2D eigenvalue weighted by Crippen LogP contribution is 2.37. The first-order chi connectivity index (χ1) is 31.6. The van der Waals surface area contributed by atoms with Gasteiger partial charge in [0, 0.05) is 76.7 Å². The van der Waals surface area contributed by atoms with Gasteiger partial charge >= 0.3 is 0 Å². The Labute approximate surface area is 387 Å². The molecule has 3 aromatic carbocycles. The van der Waals surface area contributed by atoms with Gasteiger partial charge < -0.3 is 30.5 Å². The van der Waals surface area contributed by atoms with E-state index >= 15 is 0 Å². The molecule has 5 amide bonds. The van der Waals surface area contributed by atoms with E-state index in [4.69, 9.17) is 16.3 Å². The first-order valence-electron chi connectivity index (χ1n) is 21.7. The number of carbonyl (C=O) groups excluding carboxylic acids is 5. The van der Waals surface area contributed by atoms with Crippen molar-refractivity contribution in [1.82, 2.24) is 30.0 Å². The number of fused-ring (bicyclic) bond motifs is 1. The minimum Gasteiger partial charge on any atom is -0.494 e. The lowest BCUT2D eigenvalue weighted by Gasteiger charge is -2.40. The Balaban J connectivity index is 0.816. The smallest absolute Gasteiger partial charge is 0.264 e. The fourth-order valence-corrected chi connectivity index (χ4v) is 9.58. The number of halogens is 1. The average molecular weight is 942 g/mol. The molecule has 4 aromatic rings. The second-order valence-corrected chi connectivity index (χ2v) is 19.3. The number of aryl methyl sites for hydroxylation is 1. The number of hydrogen-bond acceptors (Lipinski definition) is 15. The minimum absolute atomic E-state index is 0.0315. The van der Waals surface area contributed by atoms with Gasteiger partial charge in [-0.25, -0.2) is 13.4 Å². The quantitative estimate of drug-likeness (QED) is 0.130. The van der Waals surface area contributed by atoms with Crippen LogP contribution in [0.3, 0.4) is 0 Å². The van der Waals surface area contributed by atoms with E-state index in [9.17, 15) is 32.4 Å². The summed E-state index contributed by atoms with van der Waals surface area (Å²) in [5.74, 6) is -0.848. The van der Waals surface area contributed by atoms with Gasteiger partial charge in [-0.15, -0.1) is 0 Å². The van der Waals surface area contributed by atoms with Crippen molar-refractivity contribution >= 4 is 91.4 Å². The van der Waals surface area contributed by atoms with E-state index in [1.807, 2.05) is 24.0 Å². The van der Waals surface area contributed by atoms with Crippen molar-refractivity contribution in [2.75, 3.05) is 97.9 Å². The van der Waals surface area contributed by atoms with E-state index in [0.717, 1.165) is 68.0 Å². The molecule has 21 heteroatoms. The molecule has 0 bridgehead atoms. The zero-order chi connectivity index (χ0) is 46.9. The average Bonchev–Trinajstić information content (AvgIpc) is 3.55. The van der Waals surface area contributed by atoms with Crippen molar-refractivity contribution in [2.24, 2.45) is 5.92 Å². The normalized spacial score (nSPS) is 18.3. The number of imide groups is 2. The summed E-state index contributed by atoms with van der Waals surface area (Å²) in [7, 11) is -0.440. The maximum Gasteiger partial charge on any atom is 0.264 e. The number of nitrogens with zero attached hydrogens (tertiary/aromatic N) is 7. The lowest BCUT2D eigenvalue weighted by atomic mass is 9.95. The van der Waals surface area contributed by atoms with Crippen molar-refractivity contribution in [1.29, 1.82) is 0 Å². The number of methoxy groups -OCH3 is 1.